The Labute approximate surface area is 206 Å². The highest BCUT2D eigenvalue weighted by molar-refractivity contribution is 7.92. The molecule has 0 N–H and O–H groups in total. The maximum atomic E-state index is 12.9. The van der Waals surface area contributed by atoms with E-state index in [4.69, 9.17) is 4.74 Å². The number of aryl methyl sites for hydroxylation is 1. The Kier molecular flexibility index (Phi) is 6.86. The van der Waals surface area contributed by atoms with E-state index >= 15 is 0 Å². The molecule has 1 heterocycles. The molecule has 0 bridgehead atoms. The van der Waals surface area contributed by atoms with Gasteiger partial charge in [-0.2, -0.15) is 4.99 Å². The van der Waals surface area contributed by atoms with Crippen LogP contribution in [0.4, 0.5) is 5.69 Å². The third kappa shape index (κ3) is 4.89. The monoisotopic (exact) mass is 509 g/mol. The molecule has 1 aromatic heterocycles. The van der Waals surface area contributed by atoms with Crippen LogP contribution in [0.3, 0.4) is 0 Å². The van der Waals surface area contributed by atoms with Gasteiger partial charge in [0.15, 0.2) is 4.80 Å². The van der Waals surface area contributed by atoms with Crippen molar-refractivity contribution in [1.29, 1.82) is 0 Å². The molecule has 3 aromatic carbocycles. The number of rotatable bonds is 6. The van der Waals surface area contributed by atoms with Crippen molar-refractivity contribution in [3.8, 4) is 0 Å². The van der Waals surface area contributed by atoms with Crippen molar-refractivity contribution < 1.29 is 22.7 Å². The zero-order valence-electron chi connectivity index (χ0n) is 19.3. The number of anilines is 1. The zero-order valence-corrected chi connectivity index (χ0v) is 21.0. The van der Waals surface area contributed by atoms with Gasteiger partial charge in [0, 0.05) is 19.7 Å². The average molecular weight is 510 g/mol. The van der Waals surface area contributed by atoms with Gasteiger partial charge >= 0.3 is 5.97 Å². The van der Waals surface area contributed by atoms with Crippen molar-refractivity contribution in [3.05, 3.63) is 88.7 Å². The van der Waals surface area contributed by atoms with Crippen molar-refractivity contribution in [2.75, 3.05) is 18.0 Å². The standard InChI is InChI=1S/C25H23N3O5S2/c1-4-33-24(30)18-12-15-21-22(16-18)34-25(27(21)2)26-23(29)17-10-13-20(14-11-17)35(31,32)28(3)19-8-6-5-7-9-19/h5-16H,4H2,1-3H3. The number of aromatic nitrogens is 1. The first-order valence-electron chi connectivity index (χ1n) is 10.7. The molecule has 4 aromatic rings. The Morgan fingerprint density at radius 3 is 2.31 bits per heavy atom. The Morgan fingerprint density at radius 2 is 1.66 bits per heavy atom. The summed E-state index contributed by atoms with van der Waals surface area (Å²) in [6.07, 6.45) is 0. The third-order valence-electron chi connectivity index (χ3n) is 5.40. The number of hydrogen-bond acceptors (Lipinski definition) is 6. The van der Waals surface area contributed by atoms with Crippen LogP contribution in [0.15, 0.2) is 82.7 Å². The van der Waals surface area contributed by atoms with Crippen LogP contribution < -0.4 is 9.11 Å². The summed E-state index contributed by atoms with van der Waals surface area (Å²) >= 11 is 1.27. The van der Waals surface area contributed by atoms with Crippen molar-refractivity contribution in [2.24, 2.45) is 12.0 Å². The van der Waals surface area contributed by atoms with Crippen molar-refractivity contribution in [2.45, 2.75) is 11.8 Å². The summed E-state index contributed by atoms with van der Waals surface area (Å²) in [5.41, 5.74) is 2.04. The highest BCUT2D eigenvalue weighted by Gasteiger charge is 2.21. The van der Waals surface area contributed by atoms with Crippen LogP contribution in [-0.2, 0) is 21.8 Å². The van der Waals surface area contributed by atoms with E-state index in [-0.39, 0.29) is 17.1 Å². The number of hydrogen-bond donors (Lipinski definition) is 0. The quantitative estimate of drug-likeness (QED) is 0.366. The molecule has 0 atom stereocenters. The van der Waals surface area contributed by atoms with Gasteiger partial charge in [0.1, 0.15) is 0 Å². The van der Waals surface area contributed by atoms with Gasteiger partial charge in [0.05, 0.1) is 33.0 Å². The number of ether oxygens (including phenoxy) is 1. The second-order valence-corrected chi connectivity index (χ2v) is 10.6. The van der Waals surface area contributed by atoms with Gasteiger partial charge < -0.3 is 9.30 Å². The lowest BCUT2D eigenvalue weighted by Gasteiger charge is -2.19. The number of thiazole rings is 1. The summed E-state index contributed by atoms with van der Waals surface area (Å²) in [7, 11) is -0.519. The van der Waals surface area contributed by atoms with Crippen LogP contribution in [0.5, 0.6) is 0 Å². The van der Waals surface area contributed by atoms with E-state index < -0.39 is 21.9 Å². The van der Waals surface area contributed by atoms with Crippen LogP contribution in [-0.4, -0.2) is 38.5 Å². The molecular weight excluding hydrogens is 486 g/mol. The molecule has 0 aliphatic heterocycles. The molecule has 4 rings (SSSR count). The van der Waals surface area contributed by atoms with Crippen molar-refractivity contribution in [3.63, 3.8) is 0 Å². The highest BCUT2D eigenvalue weighted by Crippen LogP contribution is 2.22. The molecule has 0 radical (unpaired) electrons. The largest absolute Gasteiger partial charge is 0.462 e. The zero-order chi connectivity index (χ0) is 25.2. The summed E-state index contributed by atoms with van der Waals surface area (Å²) in [5.74, 6) is -0.911. The van der Waals surface area contributed by atoms with Gasteiger partial charge in [0.25, 0.3) is 15.9 Å². The minimum atomic E-state index is -3.78. The lowest BCUT2D eigenvalue weighted by molar-refractivity contribution is 0.0526. The van der Waals surface area contributed by atoms with Gasteiger partial charge in [-0.15, -0.1) is 0 Å². The molecule has 1 amide bonds. The molecular formula is C25H23N3O5S2. The normalized spacial score (nSPS) is 12.0. The first-order chi connectivity index (χ1) is 16.7. The summed E-state index contributed by atoms with van der Waals surface area (Å²) in [6.45, 7) is 2.03. The molecule has 0 aliphatic rings. The number of carbonyl (C=O) groups excluding carboxylic acids is 2. The minimum absolute atomic E-state index is 0.0688. The Morgan fingerprint density at radius 1 is 1.00 bits per heavy atom. The number of esters is 1. The maximum absolute atomic E-state index is 12.9. The van der Waals surface area contributed by atoms with E-state index in [0.29, 0.717) is 16.1 Å². The Balaban J connectivity index is 1.61. The minimum Gasteiger partial charge on any atom is -0.462 e. The first-order valence-corrected chi connectivity index (χ1v) is 13.0. The molecule has 8 nitrogen and oxygen atoms in total. The molecule has 180 valence electrons. The number of carbonyl (C=O) groups is 2. The fraction of sp³-hybridized carbons (Fsp3) is 0.160. The molecule has 0 spiro atoms. The van der Waals surface area contributed by atoms with E-state index in [9.17, 15) is 18.0 Å². The number of benzene rings is 3. The summed E-state index contributed by atoms with van der Waals surface area (Å²) in [5, 5.41) is 0. The molecule has 10 heteroatoms. The summed E-state index contributed by atoms with van der Waals surface area (Å²) < 4.78 is 34.7. The molecule has 0 aliphatic carbocycles. The molecule has 0 saturated carbocycles. The first kappa shape index (κ1) is 24.4. The molecule has 0 fully saturated rings. The van der Waals surface area contributed by atoms with E-state index in [0.717, 1.165) is 10.2 Å². The number of nitrogens with zero attached hydrogens (tertiary/aromatic N) is 3. The third-order valence-corrected chi connectivity index (χ3v) is 8.29. The fourth-order valence-electron chi connectivity index (χ4n) is 3.44. The van der Waals surface area contributed by atoms with Crippen molar-refractivity contribution >= 4 is 49.1 Å². The highest BCUT2D eigenvalue weighted by atomic mass is 32.2. The summed E-state index contributed by atoms with van der Waals surface area (Å²) in [6, 6.07) is 19.6. The number of fused-ring (bicyclic) bond motifs is 1. The van der Waals surface area contributed by atoms with Gasteiger partial charge in [-0.1, -0.05) is 29.5 Å². The maximum Gasteiger partial charge on any atom is 0.338 e. The van der Waals surface area contributed by atoms with Gasteiger partial charge in [0.2, 0.25) is 0 Å². The van der Waals surface area contributed by atoms with Gasteiger partial charge in [-0.3, -0.25) is 9.10 Å². The lowest BCUT2D eigenvalue weighted by atomic mass is 10.2. The number of sulfonamides is 1. The Bertz CT molecular complexity index is 1570. The Hall–Kier alpha value is -3.76. The van der Waals surface area contributed by atoms with Crippen LogP contribution in [0.25, 0.3) is 10.2 Å². The van der Waals surface area contributed by atoms with Crippen LogP contribution >= 0.6 is 11.3 Å². The van der Waals surface area contributed by atoms with Crippen LogP contribution in [0.2, 0.25) is 0 Å². The lowest BCUT2D eigenvalue weighted by Crippen LogP contribution is -2.26. The molecule has 0 unspecified atom stereocenters. The van der Waals surface area contributed by atoms with E-state index in [1.54, 1.807) is 61.0 Å². The predicted octanol–water partition coefficient (Wildman–Crippen LogP) is 3.98. The second kappa shape index (κ2) is 9.85. The smallest absolute Gasteiger partial charge is 0.338 e. The second-order valence-electron chi connectivity index (χ2n) is 7.60. The number of amides is 1. The molecule has 0 saturated heterocycles. The summed E-state index contributed by atoms with van der Waals surface area (Å²) in [4.78, 5) is 29.6. The van der Waals surface area contributed by atoms with Crippen LogP contribution in [0, 0.1) is 0 Å². The van der Waals surface area contributed by atoms with Crippen molar-refractivity contribution in [1.82, 2.24) is 4.57 Å². The van der Waals surface area contributed by atoms with E-state index in [1.165, 1.54) is 47.0 Å². The predicted molar refractivity (Wildman–Crippen MR) is 135 cm³/mol. The van der Waals surface area contributed by atoms with E-state index in [2.05, 4.69) is 4.99 Å². The SMILES string of the molecule is CCOC(=O)c1ccc2c(c1)sc(=NC(=O)c1ccc(S(=O)(=O)N(C)c3ccccc3)cc1)n2C. The number of para-hydroxylation sites is 1. The van der Waals surface area contributed by atoms with Gasteiger partial charge in [-0.25, -0.2) is 13.2 Å². The topological polar surface area (TPSA) is 98.0 Å². The van der Waals surface area contributed by atoms with E-state index in [1.807, 2.05) is 6.07 Å². The van der Waals surface area contributed by atoms with Gasteiger partial charge in [-0.05, 0) is 61.5 Å². The molecule has 35 heavy (non-hydrogen) atoms. The van der Waals surface area contributed by atoms with Crippen LogP contribution in [0.1, 0.15) is 27.6 Å². The fourth-order valence-corrected chi connectivity index (χ4v) is 5.69. The average Bonchev–Trinajstić information content (AvgIpc) is 3.18.